The van der Waals surface area contributed by atoms with E-state index in [1.807, 2.05) is 18.2 Å². The summed E-state index contributed by atoms with van der Waals surface area (Å²) in [5, 5.41) is 2.96. The Bertz CT molecular complexity index is 960. The number of esters is 1. The Morgan fingerprint density at radius 2 is 2.04 bits per heavy atom. The van der Waals surface area contributed by atoms with E-state index in [-0.39, 0.29) is 22.6 Å². The minimum Gasteiger partial charge on any atom is -0.465 e. The molecule has 1 N–H and O–H groups in total. The monoisotopic (exact) mass is 391 g/mol. The lowest BCUT2D eigenvalue weighted by molar-refractivity contribution is 0.0601. The molecular weight excluding hydrogens is 373 g/mol. The first kappa shape index (κ1) is 19.1. The number of halogens is 2. The lowest BCUT2D eigenvalue weighted by Crippen LogP contribution is -2.10. The van der Waals surface area contributed by atoms with Crippen LogP contribution in [0, 0.1) is 5.82 Å². The fourth-order valence-electron chi connectivity index (χ4n) is 2.86. The number of hydrogen-bond acceptors (Lipinski definition) is 5. The third-order valence-electron chi connectivity index (χ3n) is 4.15. The van der Waals surface area contributed by atoms with E-state index in [1.165, 1.54) is 7.11 Å². The average Bonchev–Trinajstić information content (AvgIpc) is 3.06. The van der Waals surface area contributed by atoms with Crippen LogP contribution in [-0.4, -0.2) is 36.3 Å². The number of carbonyl (C=O) groups is 1. The standard InChI is InChI=1S/C19H19ClFN3O3/c1-26-9-8-24-14-10-13(19(25)27-2)17(22-12-6-4-3-5-7-12)16(21)18(14)23-15(24)11-20/h3-7,10,22H,8-9,11H2,1-2H3. The molecule has 0 aliphatic carbocycles. The lowest BCUT2D eigenvalue weighted by atomic mass is 10.1. The van der Waals surface area contributed by atoms with Gasteiger partial charge in [-0.05, 0) is 18.2 Å². The first-order chi connectivity index (χ1) is 13.1. The van der Waals surface area contributed by atoms with Crippen LogP contribution in [0.1, 0.15) is 16.2 Å². The van der Waals surface area contributed by atoms with Crippen LogP contribution in [0.5, 0.6) is 0 Å². The highest BCUT2D eigenvalue weighted by molar-refractivity contribution is 6.17. The Balaban J connectivity index is 2.22. The second-order valence-electron chi connectivity index (χ2n) is 5.77. The highest BCUT2D eigenvalue weighted by Gasteiger charge is 2.24. The molecule has 2 aromatic carbocycles. The topological polar surface area (TPSA) is 65.4 Å². The molecule has 0 aliphatic heterocycles. The summed E-state index contributed by atoms with van der Waals surface area (Å²) in [5.74, 6) is -0.692. The van der Waals surface area contributed by atoms with Crippen LogP contribution >= 0.6 is 11.6 Å². The molecule has 0 saturated carbocycles. The van der Waals surface area contributed by atoms with Crippen molar-refractivity contribution in [3.63, 3.8) is 0 Å². The summed E-state index contributed by atoms with van der Waals surface area (Å²) < 4.78 is 27.0. The van der Waals surface area contributed by atoms with E-state index in [9.17, 15) is 4.79 Å². The molecule has 1 heterocycles. The van der Waals surface area contributed by atoms with Crippen LogP contribution in [0.3, 0.4) is 0 Å². The van der Waals surface area contributed by atoms with Gasteiger partial charge in [0.25, 0.3) is 0 Å². The van der Waals surface area contributed by atoms with Gasteiger partial charge in [-0.2, -0.15) is 0 Å². The number of para-hydroxylation sites is 1. The van der Waals surface area contributed by atoms with Crippen molar-refractivity contribution in [3.8, 4) is 0 Å². The number of benzene rings is 2. The van der Waals surface area contributed by atoms with Gasteiger partial charge in [-0.25, -0.2) is 14.2 Å². The van der Waals surface area contributed by atoms with Gasteiger partial charge in [0.1, 0.15) is 11.3 Å². The molecule has 0 aliphatic rings. The maximum absolute atomic E-state index is 15.3. The van der Waals surface area contributed by atoms with Gasteiger partial charge in [0, 0.05) is 19.3 Å². The quantitative estimate of drug-likeness (QED) is 0.485. The predicted molar refractivity (Wildman–Crippen MR) is 102 cm³/mol. The zero-order valence-electron chi connectivity index (χ0n) is 15.0. The normalized spacial score (nSPS) is 11.0. The highest BCUT2D eigenvalue weighted by Crippen LogP contribution is 2.32. The van der Waals surface area contributed by atoms with Gasteiger partial charge in [0.15, 0.2) is 5.82 Å². The highest BCUT2D eigenvalue weighted by atomic mass is 35.5. The second kappa shape index (κ2) is 8.37. The fraction of sp³-hybridized carbons (Fsp3) is 0.263. The number of rotatable bonds is 7. The van der Waals surface area contributed by atoms with Crippen LogP contribution in [0.2, 0.25) is 0 Å². The van der Waals surface area contributed by atoms with Crippen molar-refractivity contribution < 1.29 is 18.7 Å². The van der Waals surface area contributed by atoms with Gasteiger partial charge in [-0.15, -0.1) is 11.6 Å². The molecule has 0 fully saturated rings. The largest absolute Gasteiger partial charge is 0.465 e. The van der Waals surface area contributed by atoms with Crippen LogP contribution in [-0.2, 0) is 21.9 Å². The van der Waals surface area contributed by atoms with Crippen molar-refractivity contribution in [2.45, 2.75) is 12.4 Å². The van der Waals surface area contributed by atoms with Gasteiger partial charge < -0.3 is 19.4 Å². The number of anilines is 2. The number of nitrogens with one attached hydrogen (secondary N) is 1. The van der Waals surface area contributed by atoms with Crippen molar-refractivity contribution in [3.05, 3.63) is 53.6 Å². The van der Waals surface area contributed by atoms with E-state index >= 15 is 4.39 Å². The number of nitrogens with zero attached hydrogens (tertiary/aromatic N) is 2. The molecule has 3 aromatic rings. The molecule has 0 radical (unpaired) electrons. The number of hydrogen-bond donors (Lipinski definition) is 1. The Morgan fingerprint density at radius 1 is 1.30 bits per heavy atom. The number of alkyl halides is 1. The van der Waals surface area contributed by atoms with Gasteiger partial charge in [-0.3, -0.25) is 0 Å². The molecule has 0 atom stereocenters. The number of imidazole rings is 1. The van der Waals surface area contributed by atoms with Crippen molar-refractivity contribution in [1.82, 2.24) is 9.55 Å². The van der Waals surface area contributed by atoms with Crippen molar-refractivity contribution in [2.75, 3.05) is 26.1 Å². The molecule has 3 rings (SSSR count). The molecule has 0 saturated heterocycles. The zero-order valence-corrected chi connectivity index (χ0v) is 15.7. The maximum Gasteiger partial charge on any atom is 0.340 e. The van der Waals surface area contributed by atoms with Gasteiger partial charge in [-0.1, -0.05) is 18.2 Å². The number of methoxy groups -OCH3 is 2. The van der Waals surface area contributed by atoms with E-state index in [0.29, 0.717) is 30.2 Å². The molecular formula is C19H19ClFN3O3. The predicted octanol–water partition coefficient (Wildman–Crippen LogP) is 4.09. The zero-order chi connectivity index (χ0) is 19.4. The molecule has 27 heavy (non-hydrogen) atoms. The summed E-state index contributed by atoms with van der Waals surface area (Å²) in [6.45, 7) is 0.828. The third-order valence-corrected chi connectivity index (χ3v) is 4.39. The Kier molecular flexibility index (Phi) is 5.93. The summed E-state index contributed by atoms with van der Waals surface area (Å²) in [5.41, 5.74) is 1.31. The lowest BCUT2D eigenvalue weighted by Gasteiger charge is -2.13. The van der Waals surface area contributed by atoms with Crippen molar-refractivity contribution >= 4 is 40.0 Å². The second-order valence-corrected chi connectivity index (χ2v) is 6.04. The minimum absolute atomic E-state index is 0.0121. The molecule has 0 bridgehead atoms. The van der Waals surface area contributed by atoms with E-state index in [0.717, 1.165) is 0 Å². The Morgan fingerprint density at radius 3 is 2.67 bits per heavy atom. The first-order valence-corrected chi connectivity index (χ1v) is 8.81. The summed E-state index contributed by atoms with van der Waals surface area (Å²) in [6, 6.07) is 10.6. The van der Waals surface area contributed by atoms with Gasteiger partial charge >= 0.3 is 5.97 Å². The minimum atomic E-state index is -0.652. The summed E-state index contributed by atoms with van der Waals surface area (Å²) in [4.78, 5) is 16.6. The molecule has 0 unspecified atom stereocenters. The van der Waals surface area contributed by atoms with Crippen LogP contribution in [0.15, 0.2) is 36.4 Å². The number of fused-ring (bicyclic) bond motifs is 1. The van der Waals surface area contributed by atoms with E-state index in [2.05, 4.69) is 10.3 Å². The van der Waals surface area contributed by atoms with E-state index < -0.39 is 11.8 Å². The van der Waals surface area contributed by atoms with Gasteiger partial charge in [0.05, 0.1) is 36.4 Å². The first-order valence-electron chi connectivity index (χ1n) is 8.27. The fourth-order valence-corrected chi connectivity index (χ4v) is 3.06. The molecule has 6 nitrogen and oxygen atoms in total. The summed E-state index contributed by atoms with van der Waals surface area (Å²) in [7, 11) is 2.82. The number of aromatic nitrogens is 2. The summed E-state index contributed by atoms with van der Waals surface area (Å²) in [6.07, 6.45) is 0. The van der Waals surface area contributed by atoms with Crippen LogP contribution in [0.4, 0.5) is 15.8 Å². The third kappa shape index (κ3) is 3.74. The molecule has 1 aromatic heterocycles. The average molecular weight is 392 g/mol. The Hall–Kier alpha value is -2.64. The molecule has 0 amide bonds. The van der Waals surface area contributed by atoms with Crippen molar-refractivity contribution in [2.24, 2.45) is 0 Å². The maximum atomic E-state index is 15.3. The van der Waals surface area contributed by atoms with Gasteiger partial charge in [0.2, 0.25) is 0 Å². The molecule has 0 spiro atoms. The molecule has 8 heteroatoms. The SMILES string of the molecule is COCCn1c(CCl)nc2c(F)c(Nc3ccccc3)c(C(=O)OC)cc21. The van der Waals surface area contributed by atoms with E-state index in [4.69, 9.17) is 21.1 Å². The summed E-state index contributed by atoms with van der Waals surface area (Å²) >= 11 is 5.98. The van der Waals surface area contributed by atoms with Crippen LogP contribution in [0.25, 0.3) is 11.0 Å². The number of carbonyl (C=O) groups excluding carboxylic acids is 1. The Labute approximate surface area is 160 Å². The smallest absolute Gasteiger partial charge is 0.340 e. The van der Waals surface area contributed by atoms with Crippen LogP contribution < -0.4 is 5.32 Å². The van der Waals surface area contributed by atoms with Crippen molar-refractivity contribution in [1.29, 1.82) is 0 Å². The number of ether oxygens (including phenoxy) is 2. The van der Waals surface area contributed by atoms with E-state index in [1.54, 1.807) is 29.9 Å². The molecule has 142 valence electrons.